The van der Waals surface area contributed by atoms with Gasteiger partial charge >= 0.3 is 0 Å². The molecule has 0 aliphatic carbocycles. The molecule has 0 saturated heterocycles. The fraction of sp³-hybridized carbons (Fsp3) is 0.176. The van der Waals surface area contributed by atoms with Crippen LogP contribution in [0.3, 0.4) is 0 Å². The number of hydrogen-bond acceptors (Lipinski definition) is 0. The van der Waals surface area contributed by atoms with Gasteiger partial charge in [0.05, 0.1) is 0 Å². The van der Waals surface area contributed by atoms with Gasteiger partial charge in [-0.25, -0.2) is 0 Å². The summed E-state index contributed by atoms with van der Waals surface area (Å²) >= 11 is 0. The molecule has 0 aromatic heterocycles. The molecule has 0 radical (unpaired) electrons. The van der Waals surface area contributed by atoms with Gasteiger partial charge in [-0.1, -0.05) is 69.2 Å². The predicted molar refractivity (Wildman–Crippen MR) is 75.9 cm³/mol. The molecule has 0 nitrogen and oxygen atoms in total. The van der Waals surface area contributed by atoms with Crippen LogP contribution >= 0.6 is 0 Å². The lowest BCUT2D eigenvalue weighted by Crippen LogP contribution is -1.91. The van der Waals surface area contributed by atoms with Gasteiger partial charge in [-0.3, -0.25) is 0 Å². The maximum atomic E-state index is 3.73. The van der Waals surface area contributed by atoms with Crippen LogP contribution in [0.5, 0.6) is 0 Å². The van der Waals surface area contributed by atoms with Crippen LogP contribution in [0.1, 0.15) is 30.9 Å². The van der Waals surface area contributed by atoms with E-state index in [0.717, 1.165) is 11.1 Å². The van der Waals surface area contributed by atoms with Gasteiger partial charge < -0.3 is 0 Å². The van der Waals surface area contributed by atoms with E-state index in [1.165, 1.54) is 5.56 Å². The highest BCUT2D eigenvalue weighted by molar-refractivity contribution is 5.49. The van der Waals surface area contributed by atoms with Crippen LogP contribution in [0, 0.1) is 11.8 Å². The third kappa shape index (κ3) is 3.81. The summed E-state index contributed by atoms with van der Waals surface area (Å²) in [5.41, 5.74) is 3.25. The Labute approximate surface area is 104 Å². The van der Waals surface area contributed by atoms with Crippen LogP contribution in [0.15, 0.2) is 61.2 Å². The Balaban J connectivity index is 3.11. The van der Waals surface area contributed by atoms with Gasteiger partial charge in [0.25, 0.3) is 0 Å². The molecular weight excluding hydrogens is 204 g/mol. The van der Waals surface area contributed by atoms with Crippen molar-refractivity contribution in [1.82, 2.24) is 0 Å². The van der Waals surface area contributed by atoms with E-state index in [4.69, 9.17) is 0 Å². The summed E-state index contributed by atoms with van der Waals surface area (Å²) in [7, 11) is 0. The predicted octanol–water partition coefficient (Wildman–Crippen LogP) is 4.46. The Hall–Kier alpha value is -2.00. The molecule has 0 spiro atoms. The summed E-state index contributed by atoms with van der Waals surface area (Å²) in [6.45, 7) is 11.7. The van der Waals surface area contributed by atoms with Crippen molar-refractivity contribution < 1.29 is 0 Å². The highest BCUT2D eigenvalue weighted by Gasteiger charge is 2.02. The summed E-state index contributed by atoms with van der Waals surface area (Å²) in [5.74, 6) is 6.78. The molecule has 0 unspecified atom stereocenters. The zero-order valence-corrected chi connectivity index (χ0v) is 10.5. The molecule has 0 aliphatic rings. The molecule has 0 heteroatoms. The van der Waals surface area contributed by atoms with E-state index in [0.29, 0.717) is 5.92 Å². The Bertz CT molecular complexity index is 490. The average Bonchev–Trinajstić information content (AvgIpc) is 2.34. The van der Waals surface area contributed by atoms with Crippen LogP contribution < -0.4 is 0 Å². The molecule has 1 aromatic rings. The first-order valence-electron chi connectivity index (χ1n) is 5.75. The lowest BCUT2D eigenvalue weighted by atomic mass is 9.97. The second kappa shape index (κ2) is 6.55. The molecule has 0 N–H and O–H groups in total. The Morgan fingerprint density at radius 3 is 2.53 bits per heavy atom. The lowest BCUT2D eigenvalue weighted by Gasteiger charge is -2.07. The molecular formula is C17H18. The molecule has 0 amide bonds. The zero-order chi connectivity index (χ0) is 12.7. The summed E-state index contributed by atoms with van der Waals surface area (Å²) in [6.07, 6.45) is 5.32. The van der Waals surface area contributed by atoms with Crippen LogP contribution in [-0.4, -0.2) is 0 Å². The minimum atomic E-state index is 0.482. The van der Waals surface area contributed by atoms with Gasteiger partial charge in [0.15, 0.2) is 0 Å². The quantitative estimate of drug-likeness (QED) is 0.523. The molecule has 0 fully saturated rings. The second-order valence-corrected chi connectivity index (χ2v) is 4.05. The van der Waals surface area contributed by atoms with E-state index >= 15 is 0 Å². The molecule has 0 saturated carbocycles. The van der Waals surface area contributed by atoms with Gasteiger partial charge in [0.1, 0.15) is 0 Å². The first-order valence-corrected chi connectivity index (χ1v) is 5.75. The van der Waals surface area contributed by atoms with Crippen molar-refractivity contribution in [2.45, 2.75) is 19.8 Å². The van der Waals surface area contributed by atoms with Crippen molar-refractivity contribution in [3.8, 4) is 11.8 Å². The van der Waals surface area contributed by atoms with Crippen molar-refractivity contribution in [2.24, 2.45) is 0 Å². The van der Waals surface area contributed by atoms with E-state index in [2.05, 4.69) is 57.0 Å². The van der Waals surface area contributed by atoms with E-state index in [1.807, 2.05) is 12.1 Å². The van der Waals surface area contributed by atoms with Crippen LogP contribution in [-0.2, 0) is 0 Å². The third-order valence-electron chi connectivity index (χ3n) is 2.44. The minimum absolute atomic E-state index is 0.482. The first-order chi connectivity index (χ1) is 8.19. The lowest BCUT2D eigenvalue weighted by molar-refractivity contribution is 0.863. The average molecular weight is 222 g/mol. The molecule has 0 bridgehead atoms. The van der Waals surface area contributed by atoms with Crippen molar-refractivity contribution in [1.29, 1.82) is 0 Å². The zero-order valence-electron chi connectivity index (χ0n) is 10.5. The van der Waals surface area contributed by atoms with Crippen LogP contribution in [0.2, 0.25) is 0 Å². The molecule has 86 valence electrons. The first kappa shape index (κ1) is 13.1. The molecule has 17 heavy (non-hydrogen) atoms. The molecule has 0 atom stereocenters. The van der Waals surface area contributed by atoms with E-state index in [-0.39, 0.29) is 0 Å². The monoisotopic (exact) mass is 222 g/mol. The van der Waals surface area contributed by atoms with Gasteiger partial charge in [0, 0.05) is 11.1 Å². The minimum Gasteiger partial charge on any atom is -0.0990 e. The van der Waals surface area contributed by atoms with Crippen molar-refractivity contribution in [3.05, 3.63) is 72.4 Å². The molecule has 1 rings (SSSR count). The number of hydrogen-bond donors (Lipinski definition) is 0. The maximum absolute atomic E-state index is 3.73. The largest absolute Gasteiger partial charge is 0.0990 e. The number of benzene rings is 1. The normalized spacial score (nSPS) is 10.6. The molecule has 0 heterocycles. The van der Waals surface area contributed by atoms with Gasteiger partial charge in [-0.15, -0.1) is 0 Å². The highest BCUT2D eigenvalue weighted by Crippen LogP contribution is 2.18. The van der Waals surface area contributed by atoms with Gasteiger partial charge in [-0.05, 0) is 23.6 Å². The topological polar surface area (TPSA) is 0 Å². The summed E-state index contributed by atoms with van der Waals surface area (Å²) in [6, 6.07) is 8.24. The van der Waals surface area contributed by atoms with E-state index < -0.39 is 0 Å². The van der Waals surface area contributed by atoms with E-state index in [1.54, 1.807) is 12.2 Å². The molecule has 1 aromatic carbocycles. The summed E-state index contributed by atoms with van der Waals surface area (Å²) in [5, 5.41) is 0. The third-order valence-corrected chi connectivity index (χ3v) is 2.44. The highest BCUT2D eigenvalue weighted by atomic mass is 14.1. The van der Waals surface area contributed by atoms with Crippen LogP contribution in [0.25, 0.3) is 0 Å². The molecule has 0 aliphatic heterocycles. The maximum Gasteiger partial charge on any atom is 0.0283 e. The fourth-order valence-electron chi connectivity index (χ4n) is 1.54. The smallest absolute Gasteiger partial charge is 0.0283 e. The second-order valence-electron chi connectivity index (χ2n) is 4.05. The van der Waals surface area contributed by atoms with E-state index in [9.17, 15) is 0 Å². The number of allylic oxidation sites excluding steroid dienone is 4. The Morgan fingerprint density at radius 1 is 1.24 bits per heavy atom. The Kier molecular flexibility index (Phi) is 5.04. The van der Waals surface area contributed by atoms with Crippen molar-refractivity contribution in [3.63, 3.8) is 0 Å². The van der Waals surface area contributed by atoms with Crippen molar-refractivity contribution in [2.75, 3.05) is 0 Å². The van der Waals surface area contributed by atoms with Gasteiger partial charge in [0.2, 0.25) is 0 Å². The summed E-state index contributed by atoms with van der Waals surface area (Å²) in [4.78, 5) is 0. The fourth-order valence-corrected chi connectivity index (χ4v) is 1.54. The van der Waals surface area contributed by atoms with Gasteiger partial charge in [-0.2, -0.15) is 0 Å². The number of rotatable bonds is 3. The Morgan fingerprint density at radius 2 is 1.94 bits per heavy atom. The SMILES string of the molecule is C=C/C=C(/C#Cc1ccccc1C(C)C)C=C. The standard InChI is InChI=1S/C17H18/c1-5-9-15(6-2)12-13-16-10-7-8-11-17(16)14(3)4/h5-11,14H,1-2H2,3-4H3/b15-9+. The summed E-state index contributed by atoms with van der Waals surface area (Å²) < 4.78 is 0. The van der Waals surface area contributed by atoms with Crippen LogP contribution in [0.4, 0.5) is 0 Å². The van der Waals surface area contributed by atoms with Crippen molar-refractivity contribution >= 4 is 0 Å².